The van der Waals surface area contributed by atoms with Crippen molar-refractivity contribution in [2.24, 2.45) is 0 Å². The molecule has 0 atom stereocenters. The van der Waals surface area contributed by atoms with Gasteiger partial charge >= 0.3 is 0 Å². The zero-order chi connectivity index (χ0) is 16.2. The van der Waals surface area contributed by atoms with Gasteiger partial charge in [0.1, 0.15) is 0 Å². The highest BCUT2D eigenvalue weighted by Crippen LogP contribution is 2.13. The smallest absolute Gasteiger partial charge is 0.223 e. The summed E-state index contributed by atoms with van der Waals surface area (Å²) in [6.07, 6.45) is 3.05. The molecule has 0 aliphatic heterocycles. The number of carbonyl (C=O) groups excluding carboxylic acids is 1. The van der Waals surface area contributed by atoms with Crippen molar-refractivity contribution in [1.82, 2.24) is 24.6 Å². The second kappa shape index (κ2) is 6.60. The van der Waals surface area contributed by atoms with Crippen LogP contribution in [0.15, 0.2) is 35.1 Å². The maximum absolute atomic E-state index is 12.2. The van der Waals surface area contributed by atoms with Crippen molar-refractivity contribution in [3.63, 3.8) is 0 Å². The van der Waals surface area contributed by atoms with Gasteiger partial charge in [-0.25, -0.2) is 4.98 Å². The Bertz CT molecular complexity index is 808. The van der Waals surface area contributed by atoms with Crippen molar-refractivity contribution in [3.05, 3.63) is 42.3 Å². The Morgan fingerprint density at radius 3 is 2.96 bits per heavy atom. The lowest BCUT2D eigenvalue weighted by atomic mass is 10.2. The first-order valence-electron chi connectivity index (χ1n) is 7.56. The zero-order valence-electron chi connectivity index (χ0n) is 13.3. The monoisotopic (exact) mass is 313 g/mol. The molecule has 0 aliphatic carbocycles. The molecule has 7 nitrogen and oxygen atoms in total. The van der Waals surface area contributed by atoms with Crippen LogP contribution in [0, 0.1) is 6.92 Å². The molecule has 0 saturated heterocycles. The summed E-state index contributed by atoms with van der Waals surface area (Å²) in [6, 6.07) is 7.98. The standard InChI is InChI=1S/C16H19N5O2/c1-12-18-15(19-23-12)10-20(2)16(22)8-5-9-21-11-17-13-6-3-4-7-14(13)21/h3-4,6-7,11H,5,8-10H2,1-2H3. The minimum absolute atomic E-state index is 0.0665. The number of para-hydroxylation sites is 2. The van der Waals surface area contributed by atoms with Gasteiger partial charge in [-0.3, -0.25) is 4.79 Å². The van der Waals surface area contributed by atoms with E-state index < -0.39 is 0 Å². The lowest BCUT2D eigenvalue weighted by molar-refractivity contribution is -0.130. The normalized spacial score (nSPS) is 11.0. The predicted octanol–water partition coefficient (Wildman–Crippen LogP) is 2.17. The van der Waals surface area contributed by atoms with Crippen LogP contribution >= 0.6 is 0 Å². The maximum Gasteiger partial charge on any atom is 0.223 e. The number of hydrogen-bond acceptors (Lipinski definition) is 5. The molecule has 120 valence electrons. The van der Waals surface area contributed by atoms with E-state index in [4.69, 9.17) is 4.52 Å². The first-order valence-corrected chi connectivity index (χ1v) is 7.56. The van der Waals surface area contributed by atoms with E-state index in [0.29, 0.717) is 24.7 Å². The molecule has 0 saturated carbocycles. The number of carbonyl (C=O) groups is 1. The fourth-order valence-corrected chi connectivity index (χ4v) is 2.49. The van der Waals surface area contributed by atoms with E-state index in [9.17, 15) is 4.79 Å². The zero-order valence-corrected chi connectivity index (χ0v) is 13.3. The summed E-state index contributed by atoms with van der Waals surface area (Å²) in [4.78, 5) is 22.2. The van der Waals surface area contributed by atoms with Crippen LogP contribution in [0.4, 0.5) is 0 Å². The molecule has 23 heavy (non-hydrogen) atoms. The molecule has 0 radical (unpaired) electrons. The average Bonchev–Trinajstić information content (AvgIpc) is 3.14. The number of amides is 1. The van der Waals surface area contributed by atoms with E-state index in [-0.39, 0.29) is 5.91 Å². The summed E-state index contributed by atoms with van der Waals surface area (Å²) in [5.74, 6) is 1.10. The molecule has 3 rings (SSSR count). The molecule has 2 heterocycles. The SMILES string of the molecule is Cc1nc(CN(C)C(=O)CCCn2cnc3ccccc32)no1. The molecule has 0 unspecified atom stereocenters. The van der Waals surface area contributed by atoms with Crippen LogP contribution in [0.5, 0.6) is 0 Å². The number of fused-ring (bicyclic) bond motifs is 1. The van der Waals surface area contributed by atoms with Crippen LogP contribution in [0.1, 0.15) is 24.6 Å². The third-order valence-corrected chi connectivity index (χ3v) is 3.69. The Balaban J connectivity index is 1.50. The number of aryl methyl sites for hydroxylation is 2. The molecule has 0 bridgehead atoms. The summed E-state index contributed by atoms with van der Waals surface area (Å²) in [5, 5.41) is 3.80. The highest BCUT2D eigenvalue weighted by molar-refractivity contribution is 5.76. The molecule has 0 N–H and O–H groups in total. The number of nitrogens with zero attached hydrogens (tertiary/aromatic N) is 5. The van der Waals surface area contributed by atoms with Crippen LogP contribution in [0.3, 0.4) is 0 Å². The molecule has 0 fully saturated rings. The molecule has 0 aliphatic rings. The van der Waals surface area contributed by atoms with Gasteiger partial charge in [-0.2, -0.15) is 4.98 Å². The molecule has 1 aromatic carbocycles. The van der Waals surface area contributed by atoms with Crippen LogP contribution in [-0.4, -0.2) is 37.5 Å². The molecule has 3 aromatic rings. The van der Waals surface area contributed by atoms with Gasteiger partial charge in [0.25, 0.3) is 0 Å². The number of hydrogen-bond donors (Lipinski definition) is 0. The first kappa shape index (κ1) is 15.2. The Kier molecular flexibility index (Phi) is 4.36. The fraction of sp³-hybridized carbons (Fsp3) is 0.375. The topological polar surface area (TPSA) is 77.1 Å². The predicted molar refractivity (Wildman–Crippen MR) is 84.5 cm³/mol. The Labute approximate surface area is 133 Å². The minimum Gasteiger partial charge on any atom is -0.340 e. The largest absolute Gasteiger partial charge is 0.340 e. The van der Waals surface area contributed by atoms with Gasteiger partial charge in [0, 0.05) is 26.9 Å². The van der Waals surface area contributed by atoms with Crippen LogP contribution in [-0.2, 0) is 17.9 Å². The second-order valence-electron chi connectivity index (χ2n) is 5.51. The molecule has 2 aromatic heterocycles. The van der Waals surface area contributed by atoms with E-state index in [0.717, 1.165) is 24.0 Å². The van der Waals surface area contributed by atoms with Gasteiger partial charge in [-0.1, -0.05) is 17.3 Å². The van der Waals surface area contributed by atoms with Crippen molar-refractivity contribution in [1.29, 1.82) is 0 Å². The highest BCUT2D eigenvalue weighted by atomic mass is 16.5. The summed E-state index contributed by atoms with van der Waals surface area (Å²) < 4.78 is 6.98. The molecule has 0 spiro atoms. The Morgan fingerprint density at radius 1 is 1.35 bits per heavy atom. The fourth-order valence-electron chi connectivity index (χ4n) is 2.49. The van der Waals surface area contributed by atoms with Gasteiger partial charge in [0.15, 0.2) is 5.82 Å². The third-order valence-electron chi connectivity index (χ3n) is 3.69. The van der Waals surface area contributed by atoms with Crippen LogP contribution in [0.25, 0.3) is 11.0 Å². The molecule has 7 heteroatoms. The highest BCUT2D eigenvalue weighted by Gasteiger charge is 2.12. The van der Waals surface area contributed by atoms with E-state index in [2.05, 4.69) is 19.7 Å². The summed E-state index contributed by atoms with van der Waals surface area (Å²) in [7, 11) is 1.75. The summed E-state index contributed by atoms with van der Waals surface area (Å²) in [5.41, 5.74) is 2.07. The number of aromatic nitrogens is 4. The maximum atomic E-state index is 12.2. The van der Waals surface area contributed by atoms with Gasteiger partial charge in [-0.05, 0) is 18.6 Å². The van der Waals surface area contributed by atoms with Gasteiger partial charge in [0.05, 0.1) is 23.9 Å². The van der Waals surface area contributed by atoms with Crippen molar-refractivity contribution >= 4 is 16.9 Å². The summed E-state index contributed by atoms with van der Waals surface area (Å²) in [6.45, 7) is 2.86. The Morgan fingerprint density at radius 2 is 2.17 bits per heavy atom. The van der Waals surface area contributed by atoms with Crippen molar-refractivity contribution in [3.8, 4) is 0 Å². The van der Waals surface area contributed by atoms with E-state index in [1.165, 1.54) is 0 Å². The third kappa shape index (κ3) is 3.56. The lowest BCUT2D eigenvalue weighted by Crippen LogP contribution is -2.26. The molecular weight excluding hydrogens is 294 g/mol. The van der Waals surface area contributed by atoms with Crippen LogP contribution in [0.2, 0.25) is 0 Å². The van der Waals surface area contributed by atoms with Crippen molar-refractivity contribution < 1.29 is 9.32 Å². The minimum atomic E-state index is 0.0665. The quantitative estimate of drug-likeness (QED) is 0.697. The van der Waals surface area contributed by atoms with E-state index >= 15 is 0 Å². The van der Waals surface area contributed by atoms with Gasteiger partial charge in [-0.15, -0.1) is 0 Å². The number of rotatable bonds is 6. The van der Waals surface area contributed by atoms with E-state index in [1.54, 1.807) is 18.9 Å². The number of imidazole rings is 1. The molecular formula is C16H19N5O2. The average molecular weight is 313 g/mol. The van der Waals surface area contributed by atoms with Crippen molar-refractivity contribution in [2.45, 2.75) is 32.9 Å². The van der Waals surface area contributed by atoms with Crippen molar-refractivity contribution in [2.75, 3.05) is 7.05 Å². The first-order chi connectivity index (χ1) is 11.1. The Hall–Kier alpha value is -2.70. The number of benzene rings is 1. The lowest BCUT2D eigenvalue weighted by Gasteiger charge is -2.15. The summed E-state index contributed by atoms with van der Waals surface area (Å²) >= 11 is 0. The van der Waals surface area contributed by atoms with Crippen LogP contribution < -0.4 is 0 Å². The van der Waals surface area contributed by atoms with Gasteiger partial charge < -0.3 is 14.0 Å². The van der Waals surface area contributed by atoms with Gasteiger partial charge in [0.2, 0.25) is 11.8 Å². The molecule has 1 amide bonds. The second-order valence-corrected chi connectivity index (χ2v) is 5.51. The van der Waals surface area contributed by atoms with E-state index in [1.807, 2.05) is 30.6 Å².